The predicted molar refractivity (Wildman–Crippen MR) is 127 cm³/mol. The minimum absolute atomic E-state index is 0.123. The van der Waals surface area contributed by atoms with E-state index in [1.807, 2.05) is 6.07 Å². The molecule has 0 fully saturated rings. The number of sulfonamides is 1. The zero-order valence-corrected chi connectivity index (χ0v) is 20.2. The van der Waals surface area contributed by atoms with Gasteiger partial charge < -0.3 is 9.47 Å². The molecule has 0 unspecified atom stereocenters. The Morgan fingerprint density at radius 1 is 1.17 bits per heavy atom. The molecule has 1 aliphatic rings. The Balaban J connectivity index is 1.28. The van der Waals surface area contributed by atoms with Gasteiger partial charge in [0.2, 0.25) is 16.8 Å². The number of pyridine rings is 1. The van der Waals surface area contributed by atoms with Crippen LogP contribution >= 0.6 is 11.3 Å². The summed E-state index contributed by atoms with van der Waals surface area (Å²) in [6, 6.07) is 12.9. The van der Waals surface area contributed by atoms with Crippen LogP contribution in [0.3, 0.4) is 0 Å². The van der Waals surface area contributed by atoms with Crippen LogP contribution in [0.15, 0.2) is 65.1 Å². The van der Waals surface area contributed by atoms with Gasteiger partial charge in [0.05, 0.1) is 29.0 Å². The fraction of sp³-hybridized carbons (Fsp3) is 0.182. The van der Waals surface area contributed by atoms with Gasteiger partial charge in [-0.15, -0.1) is 16.4 Å². The Labute approximate surface area is 209 Å². The minimum atomic E-state index is -3.81. The smallest absolute Gasteiger partial charge is 0.268 e. The molecule has 1 amide bonds. The highest BCUT2D eigenvalue weighted by Crippen LogP contribution is 2.33. The standard InChI is InChI=1S/C22H20N6O6S2/c29-22(26-30)17(9-14-4-5-18-19(10-14)34-13-33-18)28-12-15(25-27-28)11-24-36(31,32)21-7-6-20(35-21)16-3-1-2-8-23-16/h1-8,10,12,17,24,30H,9,11,13H2,(H,26,29)/t17-/m0/s1. The summed E-state index contributed by atoms with van der Waals surface area (Å²) in [5, 5.41) is 17.2. The third-order valence-electron chi connectivity index (χ3n) is 5.36. The normalized spacial score (nSPS) is 13.5. The number of benzene rings is 1. The molecule has 0 radical (unpaired) electrons. The molecule has 1 atom stereocenters. The first-order valence-corrected chi connectivity index (χ1v) is 13.0. The van der Waals surface area contributed by atoms with Crippen LogP contribution in [0.2, 0.25) is 0 Å². The highest BCUT2D eigenvalue weighted by atomic mass is 32.2. The number of aromatic nitrogens is 4. The van der Waals surface area contributed by atoms with E-state index in [1.165, 1.54) is 16.9 Å². The fourth-order valence-corrected chi connectivity index (χ4v) is 5.90. The Bertz CT molecular complexity index is 1490. The van der Waals surface area contributed by atoms with E-state index < -0.39 is 22.0 Å². The van der Waals surface area contributed by atoms with E-state index in [-0.39, 0.29) is 24.0 Å². The highest BCUT2D eigenvalue weighted by Gasteiger charge is 2.25. The third kappa shape index (κ3) is 5.06. The van der Waals surface area contributed by atoms with Crippen molar-refractivity contribution in [1.29, 1.82) is 0 Å². The number of thiophene rings is 1. The van der Waals surface area contributed by atoms with Crippen LogP contribution in [0.25, 0.3) is 10.6 Å². The van der Waals surface area contributed by atoms with Crippen molar-refractivity contribution in [3.8, 4) is 22.1 Å². The van der Waals surface area contributed by atoms with Crippen molar-refractivity contribution >= 4 is 27.3 Å². The molecular formula is C22H20N6O6S2. The molecule has 1 aromatic carbocycles. The van der Waals surface area contributed by atoms with Crippen LogP contribution in [0.1, 0.15) is 17.3 Å². The van der Waals surface area contributed by atoms with Crippen LogP contribution in [0.4, 0.5) is 0 Å². The predicted octanol–water partition coefficient (Wildman–Crippen LogP) is 1.90. The van der Waals surface area contributed by atoms with Gasteiger partial charge in [-0.3, -0.25) is 15.0 Å². The van der Waals surface area contributed by atoms with Gasteiger partial charge in [-0.1, -0.05) is 17.3 Å². The quantitative estimate of drug-likeness (QED) is 0.218. The average molecular weight is 529 g/mol. The first kappa shape index (κ1) is 23.9. The second kappa shape index (κ2) is 10.0. The van der Waals surface area contributed by atoms with Crippen LogP contribution < -0.4 is 19.7 Å². The number of rotatable bonds is 9. The summed E-state index contributed by atoms with van der Waals surface area (Å²) < 4.78 is 40.1. The maximum atomic E-state index is 12.8. The third-order valence-corrected chi connectivity index (χ3v) is 8.36. The van der Waals surface area contributed by atoms with Gasteiger partial charge in [-0.05, 0) is 42.0 Å². The maximum absolute atomic E-state index is 12.8. The Kier molecular flexibility index (Phi) is 6.65. The van der Waals surface area contributed by atoms with Gasteiger partial charge in [0.25, 0.3) is 5.91 Å². The number of hydroxylamine groups is 1. The second-order valence-corrected chi connectivity index (χ2v) is 10.8. The van der Waals surface area contributed by atoms with Crippen LogP contribution in [0, 0.1) is 0 Å². The zero-order chi connectivity index (χ0) is 25.1. The highest BCUT2D eigenvalue weighted by molar-refractivity contribution is 7.91. The van der Waals surface area contributed by atoms with Gasteiger partial charge in [-0.2, -0.15) is 0 Å². The summed E-state index contributed by atoms with van der Waals surface area (Å²) in [4.78, 5) is 17.3. The van der Waals surface area contributed by atoms with Crippen molar-refractivity contribution < 1.29 is 27.9 Å². The number of nitrogens with zero attached hydrogens (tertiary/aromatic N) is 4. The van der Waals surface area contributed by atoms with Crippen molar-refractivity contribution in [2.45, 2.75) is 23.2 Å². The van der Waals surface area contributed by atoms with Crippen molar-refractivity contribution in [3.05, 3.63) is 72.2 Å². The van der Waals surface area contributed by atoms with E-state index in [0.29, 0.717) is 22.9 Å². The number of carbonyl (C=O) groups excluding carboxylic acids is 1. The molecule has 0 saturated carbocycles. The molecule has 14 heteroatoms. The summed E-state index contributed by atoms with van der Waals surface area (Å²) >= 11 is 1.10. The molecule has 4 aromatic rings. The van der Waals surface area contributed by atoms with Crippen LogP contribution in [0.5, 0.6) is 11.5 Å². The molecule has 0 bridgehead atoms. The molecule has 5 rings (SSSR count). The Hall–Kier alpha value is -3.85. The van der Waals surface area contributed by atoms with Gasteiger partial charge >= 0.3 is 0 Å². The lowest BCUT2D eigenvalue weighted by atomic mass is 10.0. The molecule has 36 heavy (non-hydrogen) atoms. The average Bonchev–Trinajstić information content (AvgIpc) is 3.67. The lowest BCUT2D eigenvalue weighted by Crippen LogP contribution is -2.32. The number of carbonyl (C=O) groups is 1. The van der Waals surface area contributed by atoms with Gasteiger partial charge in [0.15, 0.2) is 11.5 Å². The molecule has 0 aliphatic carbocycles. The van der Waals surface area contributed by atoms with Crippen LogP contribution in [-0.4, -0.2) is 46.3 Å². The number of fused-ring (bicyclic) bond motifs is 1. The Morgan fingerprint density at radius 2 is 2.03 bits per heavy atom. The summed E-state index contributed by atoms with van der Waals surface area (Å²) in [5.41, 5.74) is 3.36. The summed E-state index contributed by atoms with van der Waals surface area (Å²) in [6.45, 7) is -0.0196. The van der Waals surface area contributed by atoms with E-state index in [1.54, 1.807) is 48.1 Å². The van der Waals surface area contributed by atoms with Crippen molar-refractivity contribution in [3.63, 3.8) is 0 Å². The first-order chi connectivity index (χ1) is 17.4. The monoisotopic (exact) mass is 528 g/mol. The lowest BCUT2D eigenvalue weighted by Gasteiger charge is -2.15. The van der Waals surface area contributed by atoms with E-state index in [9.17, 15) is 18.4 Å². The molecular weight excluding hydrogens is 508 g/mol. The zero-order valence-electron chi connectivity index (χ0n) is 18.6. The lowest BCUT2D eigenvalue weighted by molar-refractivity contribution is -0.133. The van der Waals surface area contributed by atoms with Gasteiger partial charge in [0, 0.05) is 12.6 Å². The molecule has 3 aromatic heterocycles. The SMILES string of the molecule is O=C(NO)[C@H](Cc1ccc2c(c1)OCO2)n1cc(CNS(=O)(=O)c2ccc(-c3ccccn3)s2)nn1. The molecule has 4 heterocycles. The summed E-state index contributed by atoms with van der Waals surface area (Å²) in [6.07, 6.45) is 3.26. The number of amides is 1. The van der Waals surface area contributed by atoms with Gasteiger partial charge in [0.1, 0.15) is 10.3 Å². The van der Waals surface area contributed by atoms with Crippen molar-refractivity contribution in [2.75, 3.05) is 6.79 Å². The largest absolute Gasteiger partial charge is 0.454 e. The Morgan fingerprint density at radius 3 is 2.83 bits per heavy atom. The maximum Gasteiger partial charge on any atom is 0.268 e. The van der Waals surface area contributed by atoms with E-state index in [0.717, 1.165) is 21.8 Å². The number of hydrogen-bond donors (Lipinski definition) is 3. The molecule has 12 nitrogen and oxygen atoms in total. The number of nitrogens with one attached hydrogen (secondary N) is 2. The number of hydrogen-bond acceptors (Lipinski definition) is 10. The summed E-state index contributed by atoms with van der Waals surface area (Å²) in [5.74, 6) is 0.463. The fourth-order valence-electron chi connectivity index (χ4n) is 3.57. The molecule has 0 spiro atoms. The summed E-state index contributed by atoms with van der Waals surface area (Å²) in [7, 11) is -3.81. The van der Waals surface area contributed by atoms with Crippen molar-refractivity contribution in [1.82, 2.24) is 30.2 Å². The van der Waals surface area contributed by atoms with Crippen LogP contribution in [-0.2, 0) is 27.8 Å². The number of ether oxygens (including phenoxy) is 2. The van der Waals surface area contributed by atoms with E-state index >= 15 is 0 Å². The topological polar surface area (TPSA) is 158 Å². The van der Waals surface area contributed by atoms with E-state index in [2.05, 4.69) is 20.0 Å². The second-order valence-electron chi connectivity index (χ2n) is 7.73. The van der Waals surface area contributed by atoms with Crippen molar-refractivity contribution in [2.24, 2.45) is 0 Å². The molecule has 186 valence electrons. The molecule has 0 saturated heterocycles. The van der Waals surface area contributed by atoms with E-state index in [4.69, 9.17) is 9.47 Å². The first-order valence-electron chi connectivity index (χ1n) is 10.7. The molecule has 1 aliphatic heterocycles. The van der Waals surface area contributed by atoms with Gasteiger partial charge in [-0.25, -0.2) is 23.3 Å². The molecule has 3 N–H and O–H groups in total. The minimum Gasteiger partial charge on any atom is -0.454 e.